The molecule has 0 fully saturated rings. The molecule has 1 aliphatic rings. The number of para-hydroxylation sites is 2. The van der Waals surface area contributed by atoms with Gasteiger partial charge in [0.05, 0.1) is 35.0 Å². The first-order valence-corrected chi connectivity index (χ1v) is 13.8. The largest absolute Gasteiger partial charge is 0.497 e. The number of benzene rings is 3. The van der Waals surface area contributed by atoms with Crippen LogP contribution in [-0.4, -0.2) is 22.2 Å². The van der Waals surface area contributed by atoms with E-state index >= 15 is 0 Å². The highest BCUT2D eigenvalue weighted by Crippen LogP contribution is 2.32. The SMILES string of the molecule is COc1cccc([C@H]2C(C(=O)Nc3ccccc3)=C(C)N=c3s/c(=C\c4cn(CC#N)c5ccccc45)c(=O)n32)c1. The van der Waals surface area contributed by atoms with E-state index in [-0.39, 0.29) is 18.0 Å². The van der Waals surface area contributed by atoms with Crippen LogP contribution in [-0.2, 0) is 11.3 Å². The van der Waals surface area contributed by atoms with Gasteiger partial charge in [0.2, 0.25) is 0 Å². The molecular weight excluding hydrogens is 534 g/mol. The van der Waals surface area contributed by atoms with E-state index in [1.54, 1.807) is 18.6 Å². The molecule has 2 aromatic heterocycles. The van der Waals surface area contributed by atoms with Gasteiger partial charge >= 0.3 is 0 Å². The van der Waals surface area contributed by atoms with Gasteiger partial charge in [0.1, 0.15) is 12.3 Å². The van der Waals surface area contributed by atoms with Gasteiger partial charge in [0, 0.05) is 28.4 Å². The number of nitrogens with zero attached hydrogens (tertiary/aromatic N) is 4. The number of rotatable bonds is 6. The number of aromatic nitrogens is 2. The van der Waals surface area contributed by atoms with Crippen molar-refractivity contribution >= 4 is 39.9 Å². The molecule has 0 spiro atoms. The van der Waals surface area contributed by atoms with Gasteiger partial charge in [-0.25, -0.2) is 4.99 Å². The third kappa shape index (κ3) is 4.75. The standard InChI is InChI=1S/C32H25N5O3S/c1-20-28(30(38)35-23-10-4-3-5-11-23)29(21-9-8-12-24(17-21)40-2)37-31(39)27(41-32(37)34-20)18-22-19-36(16-15-33)26-14-7-6-13-25(22)26/h3-14,17-19,29H,16H2,1-2H3,(H,35,38)/b27-18-/t29-/m0/s1. The summed E-state index contributed by atoms with van der Waals surface area (Å²) in [6.07, 6.45) is 3.72. The summed E-state index contributed by atoms with van der Waals surface area (Å²) in [6.45, 7) is 1.99. The highest BCUT2D eigenvalue weighted by atomic mass is 32.1. The predicted octanol–water partition coefficient (Wildman–Crippen LogP) is 4.36. The van der Waals surface area contributed by atoms with E-state index in [4.69, 9.17) is 9.73 Å². The van der Waals surface area contributed by atoms with Crippen molar-refractivity contribution in [2.24, 2.45) is 4.99 Å². The maximum absolute atomic E-state index is 14.1. The summed E-state index contributed by atoms with van der Waals surface area (Å²) in [5.74, 6) is 0.284. The first kappa shape index (κ1) is 26.0. The molecule has 1 N–H and O–H groups in total. The Hall–Kier alpha value is -5.20. The molecule has 3 heterocycles. The molecule has 0 saturated carbocycles. The lowest BCUT2D eigenvalue weighted by atomic mass is 9.95. The first-order valence-electron chi connectivity index (χ1n) is 13.0. The molecule has 41 heavy (non-hydrogen) atoms. The Labute approximate surface area is 239 Å². The fourth-order valence-corrected chi connectivity index (χ4v) is 6.23. The van der Waals surface area contributed by atoms with Gasteiger partial charge in [-0.1, -0.05) is 59.9 Å². The van der Waals surface area contributed by atoms with Crippen LogP contribution in [0.25, 0.3) is 17.0 Å². The third-order valence-electron chi connectivity index (χ3n) is 7.05. The number of amides is 1. The number of fused-ring (bicyclic) bond motifs is 2. The molecule has 0 radical (unpaired) electrons. The first-order chi connectivity index (χ1) is 20.0. The van der Waals surface area contributed by atoms with Crippen molar-refractivity contribution < 1.29 is 9.53 Å². The zero-order valence-corrected chi connectivity index (χ0v) is 23.2. The second-order valence-electron chi connectivity index (χ2n) is 9.57. The number of carbonyl (C=O) groups is 1. The molecule has 6 rings (SSSR count). The summed E-state index contributed by atoms with van der Waals surface area (Å²) in [5.41, 5.74) is 3.78. The lowest BCUT2D eigenvalue weighted by Gasteiger charge is -2.25. The summed E-state index contributed by atoms with van der Waals surface area (Å²) in [4.78, 5) is 33.1. The zero-order valence-electron chi connectivity index (χ0n) is 22.4. The van der Waals surface area contributed by atoms with E-state index in [0.29, 0.717) is 32.0 Å². The van der Waals surface area contributed by atoms with E-state index in [1.807, 2.05) is 95.7 Å². The van der Waals surface area contributed by atoms with Crippen LogP contribution in [0.2, 0.25) is 0 Å². The highest BCUT2D eigenvalue weighted by molar-refractivity contribution is 7.07. The van der Waals surface area contributed by atoms with Crippen molar-refractivity contribution in [1.29, 1.82) is 5.26 Å². The Morgan fingerprint density at radius 1 is 1.12 bits per heavy atom. The minimum atomic E-state index is -0.716. The fraction of sp³-hybridized carbons (Fsp3) is 0.125. The van der Waals surface area contributed by atoms with Crippen molar-refractivity contribution in [3.63, 3.8) is 0 Å². The maximum Gasteiger partial charge on any atom is 0.271 e. The minimum absolute atomic E-state index is 0.199. The van der Waals surface area contributed by atoms with Crippen LogP contribution in [0.5, 0.6) is 5.75 Å². The summed E-state index contributed by atoms with van der Waals surface area (Å²) >= 11 is 1.27. The predicted molar refractivity (Wildman–Crippen MR) is 159 cm³/mol. The average Bonchev–Trinajstić information content (AvgIpc) is 3.49. The average molecular weight is 560 g/mol. The van der Waals surface area contributed by atoms with Gasteiger partial charge in [-0.2, -0.15) is 5.26 Å². The molecule has 202 valence electrons. The van der Waals surface area contributed by atoms with Crippen LogP contribution in [0.15, 0.2) is 106 Å². The number of hydrogen-bond donors (Lipinski definition) is 1. The maximum atomic E-state index is 14.1. The van der Waals surface area contributed by atoms with Crippen LogP contribution < -0.4 is 24.9 Å². The number of ether oxygens (including phenoxy) is 1. The van der Waals surface area contributed by atoms with Crippen LogP contribution in [0.1, 0.15) is 24.1 Å². The van der Waals surface area contributed by atoms with Crippen LogP contribution in [0, 0.1) is 11.3 Å². The highest BCUT2D eigenvalue weighted by Gasteiger charge is 2.32. The molecule has 0 bridgehead atoms. The monoisotopic (exact) mass is 559 g/mol. The lowest BCUT2D eigenvalue weighted by Crippen LogP contribution is -2.40. The van der Waals surface area contributed by atoms with E-state index in [1.165, 1.54) is 11.3 Å². The van der Waals surface area contributed by atoms with E-state index in [9.17, 15) is 14.9 Å². The Bertz CT molecular complexity index is 2060. The number of nitriles is 1. The second kappa shape index (κ2) is 10.8. The van der Waals surface area contributed by atoms with Crippen LogP contribution in [0.4, 0.5) is 5.69 Å². The molecule has 9 heteroatoms. The van der Waals surface area contributed by atoms with E-state index < -0.39 is 6.04 Å². The van der Waals surface area contributed by atoms with Gasteiger partial charge in [-0.05, 0) is 48.9 Å². The van der Waals surface area contributed by atoms with Crippen molar-refractivity contribution in [3.05, 3.63) is 127 Å². The molecule has 3 aromatic carbocycles. The summed E-state index contributed by atoms with van der Waals surface area (Å²) < 4.78 is 9.41. The summed E-state index contributed by atoms with van der Waals surface area (Å²) in [5, 5.41) is 13.2. The molecular formula is C32H25N5O3S. The number of methoxy groups -OCH3 is 1. The van der Waals surface area contributed by atoms with Crippen molar-refractivity contribution in [1.82, 2.24) is 9.13 Å². The van der Waals surface area contributed by atoms with Crippen LogP contribution >= 0.6 is 11.3 Å². The van der Waals surface area contributed by atoms with Gasteiger partial charge in [0.25, 0.3) is 11.5 Å². The number of allylic oxidation sites excluding steroid dienone is 1. The molecule has 0 unspecified atom stereocenters. The quantitative estimate of drug-likeness (QED) is 0.334. The zero-order chi connectivity index (χ0) is 28.5. The molecule has 1 atom stereocenters. The Balaban J connectivity index is 1.54. The van der Waals surface area contributed by atoms with Gasteiger partial charge < -0.3 is 14.6 Å². The molecule has 1 amide bonds. The van der Waals surface area contributed by atoms with Gasteiger partial charge in [-0.3, -0.25) is 14.2 Å². The third-order valence-corrected chi connectivity index (χ3v) is 8.04. The normalized spacial score (nSPS) is 14.9. The second-order valence-corrected chi connectivity index (χ2v) is 10.6. The Morgan fingerprint density at radius 2 is 1.90 bits per heavy atom. The molecule has 8 nitrogen and oxygen atoms in total. The van der Waals surface area contributed by atoms with Crippen molar-refractivity contribution in [2.75, 3.05) is 12.4 Å². The number of thiazole rings is 1. The molecule has 0 aliphatic carbocycles. The summed E-state index contributed by atoms with van der Waals surface area (Å²) in [6, 6.07) is 25.8. The smallest absolute Gasteiger partial charge is 0.271 e. The molecule has 5 aromatic rings. The van der Waals surface area contributed by atoms with Gasteiger partial charge in [-0.15, -0.1) is 0 Å². The van der Waals surface area contributed by atoms with Crippen LogP contribution in [0.3, 0.4) is 0 Å². The Morgan fingerprint density at radius 3 is 2.68 bits per heavy atom. The van der Waals surface area contributed by atoms with E-state index in [0.717, 1.165) is 22.0 Å². The molecule has 0 saturated heterocycles. The van der Waals surface area contributed by atoms with E-state index in [2.05, 4.69) is 11.4 Å². The summed E-state index contributed by atoms with van der Waals surface area (Å²) in [7, 11) is 1.58. The van der Waals surface area contributed by atoms with Gasteiger partial charge in [0.15, 0.2) is 4.80 Å². The number of hydrogen-bond acceptors (Lipinski definition) is 6. The minimum Gasteiger partial charge on any atom is -0.497 e. The fourth-order valence-electron chi connectivity index (χ4n) is 5.20. The topological polar surface area (TPSA) is 101 Å². The lowest BCUT2D eigenvalue weighted by molar-refractivity contribution is -0.113. The number of carbonyl (C=O) groups excluding carboxylic acids is 1. The van der Waals surface area contributed by atoms with Crippen molar-refractivity contribution in [2.45, 2.75) is 19.5 Å². The van der Waals surface area contributed by atoms with Crippen molar-refractivity contribution in [3.8, 4) is 11.8 Å². The number of nitrogens with one attached hydrogen (secondary N) is 1. The Kier molecular flexibility index (Phi) is 6.83. The molecule has 1 aliphatic heterocycles. The number of anilines is 1.